The fourth-order valence-electron chi connectivity index (χ4n) is 4.26. The number of hydrogen-bond acceptors (Lipinski definition) is 5. The molecule has 5 rings (SSSR count). The van der Waals surface area contributed by atoms with E-state index in [1.807, 2.05) is 56.3 Å². The molecule has 0 radical (unpaired) electrons. The summed E-state index contributed by atoms with van der Waals surface area (Å²) in [7, 11) is 0. The monoisotopic (exact) mass is 427 g/mol. The fraction of sp³-hybridized carbons (Fsp3) is 0.154. The maximum absolute atomic E-state index is 13.3. The number of nitrogens with zero attached hydrogens (tertiary/aromatic N) is 1. The van der Waals surface area contributed by atoms with E-state index in [1.165, 1.54) is 4.90 Å². The molecule has 0 spiro atoms. The van der Waals surface area contributed by atoms with Crippen molar-refractivity contribution < 1.29 is 24.2 Å². The number of amides is 1. The summed E-state index contributed by atoms with van der Waals surface area (Å²) < 4.78 is 10.8. The van der Waals surface area contributed by atoms with E-state index in [1.54, 1.807) is 24.3 Å². The average molecular weight is 427 g/mol. The van der Waals surface area contributed by atoms with Gasteiger partial charge >= 0.3 is 0 Å². The molecule has 3 aromatic rings. The number of benzene rings is 3. The van der Waals surface area contributed by atoms with Crippen LogP contribution in [0.1, 0.15) is 28.3 Å². The average Bonchev–Trinajstić information content (AvgIpc) is 3.36. The van der Waals surface area contributed by atoms with Crippen molar-refractivity contribution in [2.24, 2.45) is 0 Å². The van der Waals surface area contributed by atoms with Crippen molar-refractivity contribution in [3.8, 4) is 11.5 Å². The minimum absolute atomic E-state index is 0.0460. The Balaban J connectivity index is 1.73. The molecule has 6 nitrogen and oxygen atoms in total. The van der Waals surface area contributed by atoms with Gasteiger partial charge in [-0.1, -0.05) is 36.4 Å². The zero-order valence-electron chi connectivity index (χ0n) is 17.7. The fourth-order valence-corrected chi connectivity index (χ4v) is 4.26. The van der Waals surface area contributed by atoms with Crippen molar-refractivity contribution in [1.82, 2.24) is 0 Å². The van der Waals surface area contributed by atoms with Crippen LogP contribution in [-0.2, 0) is 9.59 Å². The first-order chi connectivity index (χ1) is 15.5. The van der Waals surface area contributed by atoms with Crippen molar-refractivity contribution in [2.75, 3.05) is 11.7 Å². The highest BCUT2D eigenvalue weighted by Gasteiger charge is 2.47. The third-order valence-electron chi connectivity index (χ3n) is 5.85. The number of aliphatic hydroxyl groups excluding tert-OH is 1. The standard InChI is InChI=1S/C26H21NO5/c1-15-6-5-8-18(12-15)27-23(19-9-4-3-7-16(19)2)22(25(29)26(27)30)24(28)17-10-11-20-21(13-17)32-14-31-20/h3-13,23,28H,14H2,1-2H3/b24-22+. The molecule has 0 saturated carbocycles. The Kier molecular flexibility index (Phi) is 4.70. The Hall–Kier alpha value is -4.06. The molecule has 1 N–H and O–H groups in total. The molecule has 32 heavy (non-hydrogen) atoms. The van der Waals surface area contributed by atoms with Crippen LogP contribution in [0.3, 0.4) is 0 Å². The Bertz CT molecular complexity index is 1290. The van der Waals surface area contributed by atoms with E-state index in [-0.39, 0.29) is 18.1 Å². The highest BCUT2D eigenvalue weighted by Crippen LogP contribution is 2.44. The summed E-state index contributed by atoms with van der Waals surface area (Å²) in [6.07, 6.45) is 0. The lowest BCUT2D eigenvalue weighted by Crippen LogP contribution is -2.29. The molecule has 6 heteroatoms. The molecule has 0 bridgehead atoms. The zero-order chi connectivity index (χ0) is 22.4. The van der Waals surface area contributed by atoms with Crippen LogP contribution < -0.4 is 14.4 Å². The molecule has 1 amide bonds. The number of Topliss-reactive ketones (excluding diaryl/α,β-unsaturated/α-hetero) is 1. The summed E-state index contributed by atoms with van der Waals surface area (Å²) in [4.78, 5) is 28.0. The number of ether oxygens (including phenoxy) is 2. The number of aliphatic hydroxyl groups is 1. The molecular weight excluding hydrogens is 406 g/mol. The van der Waals surface area contributed by atoms with Gasteiger partial charge in [0.15, 0.2) is 11.5 Å². The molecule has 1 atom stereocenters. The molecule has 2 heterocycles. The lowest BCUT2D eigenvalue weighted by molar-refractivity contribution is -0.132. The van der Waals surface area contributed by atoms with Crippen LogP contribution >= 0.6 is 0 Å². The highest BCUT2D eigenvalue weighted by molar-refractivity contribution is 6.51. The molecule has 160 valence electrons. The molecule has 2 aliphatic heterocycles. The van der Waals surface area contributed by atoms with Gasteiger partial charge in [0.05, 0.1) is 11.6 Å². The molecule has 1 fully saturated rings. The quantitative estimate of drug-likeness (QED) is 0.374. The van der Waals surface area contributed by atoms with Crippen LogP contribution in [-0.4, -0.2) is 23.6 Å². The molecular formula is C26H21NO5. The second kappa shape index (κ2) is 7.57. The summed E-state index contributed by atoms with van der Waals surface area (Å²) in [6, 6.07) is 19.2. The highest BCUT2D eigenvalue weighted by atomic mass is 16.7. The number of carbonyl (C=O) groups excluding carboxylic acids is 2. The van der Waals surface area contributed by atoms with Crippen molar-refractivity contribution >= 4 is 23.1 Å². The van der Waals surface area contributed by atoms with E-state index in [0.717, 1.165) is 16.7 Å². The number of ketones is 1. The van der Waals surface area contributed by atoms with E-state index < -0.39 is 17.7 Å². The second-order valence-electron chi connectivity index (χ2n) is 7.93. The second-order valence-corrected chi connectivity index (χ2v) is 7.93. The normalized spacial score (nSPS) is 18.9. The van der Waals surface area contributed by atoms with E-state index in [9.17, 15) is 14.7 Å². The molecule has 1 unspecified atom stereocenters. The van der Waals surface area contributed by atoms with Crippen molar-refractivity contribution in [3.63, 3.8) is 0 Å². The Morgan fingerprint density at radius 3 is 2.50 bits per heavy atom. The predicted octanol–water partition coefficient (Wildman–Crippen LogP) is 4.66. The zero-order valence-corrected chi connectivity index (χ0v) is 17.7. The summed E-state index contributed by atoms with van der Waals surface area (Å²) >= 11 is 0. The molecule has 3 aromatic carbocycles. The van der Waals surface area contributed by atoms with E-state index in [4.69, 9.17) is 9.47 Å². The summed E-state index contributed by atoms with van der Waals surface area (Å²) in [5.41, 5.74) is 3.68. The van der Waals surface area contributed by atoms with Crippen LogP contribution in [0.5, 0.6) is 11.5 Å². The lowest BCUT2D eigenvalue weighted by Gasteiger charge is -2.27. The van der Waals surface area contributed by atoms with E-state index >= 15 is 0 Å². The van der Waals surface area contributed by atoms with Gasteiger partial charge in [-0.25, -0.2) is 0 Å². The van der Waals surface area contributed by atoms with Crippen molar-refractivity contribution in [2.45, 2.75) is 19.9 Å². The van der Waals surface area contributed by atoms with Gasteiger partial charge in [0.25, 0.3) is 11.7 Å². The number of hydrogen-bond donors (Lipinski definition) is 1. The maximum atomic E-state index is 13.3. The largest absolute Gasteiger partial charge is 0.507 e. The number of carbonyl (C=O) groups is 2. The van der Waals surface area contributed by atoms with Gasteiger partial charge < -0.3 is 14.6 Å². The number of rotatable bonds is 3. The van der Waals surface area contributed by atoms with E-state index in [2.05, 4.69) is 0 Å². The molecule has 0 aromatic heterocycles. The minimum atomic E-state index is -0.761. The number of anilines is 1. The van der Waals surface area contributed by atoms with Crippen LogP contribution in [0, 0.1) is 13.8 Å². The SMILES string of the molecule is Cc1cccc(N2C(=O)C(=O)/C(=C(/O)c3ccc4c(c3)OCO4)C2c2ccccc2C)c1. The van der Waals surface area contributed by atoms with Gasteiger partial charge in [-0.15, -0.1) is 0 Å². The van der Waals surface area contributed by atoms with Gasteiger partial charge in [-0.2, -0.15) is 0 Å². The summed E-state index contributed by atoms with van der Waals surface area (Å²) in [6.45, 7) is 3.95. The molecule has 2 aliphatic rings. The summed E-state index contributed by atoms with van der Waals surface area (Å²) in [5.74, 6) is -0.599. The third kappa shape index (κ3) is 3.12. The number of fused-ring (bicyclic) bond motifs is 1. The molecule has 1 saturated heterocycles. The summed E-state index contributed by atoms with van der Waals surface area (Å²) in [5, 5.41) is 11.3. The van der Waals surface area contributed by atoms with Gasteiger partial charge in [0.1, 0.15) is 5.76 Å². The van der Waals surface area contributed by atoms with Gasteiger partial charge in [-0.3, -0.25) is 14.5 Å². The van der Waals surface area contributed by atoms with Gasteiger partial charge in [0, 0.05) is 11.3 Å². The third-order valence-corrected chi connectivity index (χ3v) is 5.85. The van der Waals surface area contributed by atoms with Crippen molar-refractivity contribution in [3.05, 3.63) is 94.6 Å². The topological polar surface area (TPSA) is 76.1 Å². The Labute approximate surface area is 185 Å². The number of aryl methyl sites for hydroxylation is 2. The van der Waals surface area contributed by atoms with Crippen LogP contribution in [0.4, 0.5) is 5.69 Å². The van der Waals surface area contributed by atoms with Gasteiger partial charge in [-0.05, 0) is 60.9 Å². The smallest absolute Gasteiger partial charge is 0.300 e. The Morgan fingerprint density at radius 2 is 1.72 bits per heavy atom. The predicted molar refractivity (Wildman–Crippen MR) is 120 cm³/mol. The van der Waals surface area contributed by atoms with Gasteiger partial charge in [0.2, 0.25) is 6.79 Å². The molecule has 0 aliphatic carbocycles. The maximum Gasteiger partial charge on any atom is 0.300 e. The first-order valence-corrected chi connectivity index (χ1v) is 10.3. The van der Waals surface area contributed by atoms with Crippen LogP contribution in [0.2, 0.25) is 0 Å². The minimum Gasteiger partial charge on any atom is -0.507 e. The van der Waals surface area contributed by atoms with E-state index in [0.29, 0.717) is 22.7 Å². The van der Waals surface area contributed by atoms with Crippen LogP contribution in [0.25, 0.3) is 5.76 Å². The van der Waals surface area contributed by atoms with Crippen LogP contribution in [0.15, 0.2) is 72.3 Å². The Morgan fingerprint density at radius 1 is 0.938 bits per heavy atom. The lowest BCUT2D eigenvalue weighted by atomic mass is 9.92. The first kappa shape index (κ1) is 19.9. The van der Waals surface area contributed by atoms with Crippen molar-refractivity contribution in [1.29, 1.82) is 0 Å². The first-order valence-electron chi connectivity index (χ1n) is 10.3.